The molecule has 24 heavy (non-hydrogen) atoms. The fourth-order valence-corrected chi connectivity index (χ4v) is 2.47. The summed E-state index contributed by atoms with van der Waals surface area (Å²) < 4.78 is 6.68. The molecule has 1 aromatic heterocycles. The number of para-hydroxylation sites is 1. The lowest BCUT2D eigenvalue weighted by atomic mass is 10.1. The average molecular weight is 321 g/mol. The van der Waals surface area contributed by atoms with Crippen LogP contribution in [0.5, 0.6) is 0 Å². The normalized spacial score (nSPS) is 10.5. The first-order valence-corrected chi connectivity index (χ1v) is 7.73. The van der Waals surface area contributed by atoms with Gasteiger partial charge in [-0.3, -0.25) is 4.79 Å². The van der Waals surface area contributed by atoms with Gasteiger partial charge in [-0.05, 0) is 12.1 Å². The third-order valence-electron chi connectivity index (χ3n) is 3.61. The molecule has 0 atom stereocenters. The first-order valence-electron chi connectivity index (χ1n) is 7.73. The van der Waals surface area contributed by atoms with Gasteiger partial charge in [-0.2, -0.15) is 5.10 Å². The Morgan fingerprint density at radius 1 is 1.08 bits per heavy atom. The monoisotopic (exact) mass is 321 g/mol. The molecule has 0 unspecified atom stereocenters. The first kappa shape index (κ1) is 16.0. The maximum absolute atomic E-state index is 11.7. The second-order valence-electron chi connectivity index (χ2n) is 5.36. The number of carbonyl (C=O) groups excluding carboxylic acids is 1. The van der Waals surface area contributed by atoms with Crippen LogP contribution < -0.4 is 5.32 Å². The van der Waals surface area contributed by atoms with Crippen LogP contribution in [-0.4, -0.2) is 29.4 Å². The van der Waals surface area contributed by atoms with Gasteiger partial charge in [-0.15, -0.1) is 0 Å². The zero-order chi connectivity index (χ0) is 16.8. The Morgan fingerprint density at radius 3 is 2.42 bits per heavy atom. The number of benzene rings is 2. The standard InChI is InChI=1S/C19H19N3O2/c1-24-14-18(23)20-12-16-13-22(17-10-6-3-7-11-17)21-19(16)15-8-4-2-5-9-15/h2-11,13H,12,14H2,1H3,(H,20,23). The van der Waals surface area contributed by atoms with Crippen LogP contribution in [0.15, 0.2) is 66.9 Å². The highest BCUT2D eigenvalue weighted by atomic mass is 16.5. The number of nitrogens with one attached hydrogen (secondary N) is 1. The second-order valence-corrected chi connectivity index (χ2v) is 5.36. The molecule has 0 aliphatic heterocycles. The van der Waals surface area contributed by atoms with Crippen LogP contribution in [0.1, 0.15) is 5.56 Å². The van der Waals surface area contributed by atoms with E-state index in [9.17, 15) is 4.79 Å². The predicted molar refractivity (Wildman–Crippen MR) is 92.7 cm³/mol. The van der Waals surface area contributed by atoms with E-state index in [1.807, 2.05) is 71.5 Å². The molecule has 0 saturated heterocycles. The van der Waals surface area contributed by atoms with Crippen molar-refractivity contribution in [1.29, 1.82) is 0 Å². The van der Waals surface area contributed by atoms with Crippen molar-refractivity contribution in [3.8, 4) is 16.9 Å². The fraction of sp³-hybridized carbons (Fsp3) is 0.158. The SMILES string of the molecule is COCC(=O)NCc1cn(-c2ccccc2)nc1-c1ccccc1. The molecular weight excluding hydrogens is 302 g/mol. The Bertz CT molecular complexity index is 798. The summed E-state index contributed by atoms with van der Waals surface area (Å²) in [5.74, 6) is -0.149. The molecule has 0 aliphatic rings. The number of nitrogens with zero attached hydrogens (tertiary/aromatic N) is 2. The van der Waals surface area contributed by atoms with Crippen LogP contribution in [-0.2, 0) is 16.1 Å². The van der Waals surface area contributed by atoms with Crippen molar-refractivity contribution >= 4 is 5.91 Å². The van der Waals surface area contributed by atoms with Crippen LogP contribution in [0.4, 0.5) is 0 Å². The van der Waals surface area contributed by atoms with E-state index in [0.29, 0.717) is 6.54 Å². The average Bonchev–Trinajstić information content (AvgIpc) is 3.06. The van der Waals surface area contributed by atoms with E-state index in [1.165, 1.54) is 7.11 Å². The number of amides is 1. The highest BCUT2D eigenvalue weighted by molar-refractivity contribution is 5.77. The van der Waals surface area contributed by atoms with Gasteiger partial charge in [-0.1, -0.05) is 48.5 Å². The van der Waals surface area contributed by atoms with E-state index in [2.05, 4.69) is 5.32 Å². The summed E-state index contributed by atoms with van der Waals surface area (Å²) in [4.78, 5) is 11.7. The number of methoxy groups -OCH3 is 1. The Morgan fingerprint density at radius 2 is 1.75 bits per heavy atom. The van der Waals surface area contributed by atoms with Gasteiger partial charge in [-0.25, -0.2) is 4.68 Å². The van der Waals surface area contributed by atoms with Gasteiger partial charge in [0.2, 0.25) is 5.91 Å². The molecule has 0 spiro atoms. The number of hydrogen-bond donors (Lipinski definition) is 1. The van der Waals surface area contributed by atoms with Gasteiger partial charge >= 0.3 is 0 Å². The number of aromatic nitrogens is 2. The first-order chi connectivity index (χ1) is 11.8. The molecule has 0 saturated carbocycles. The summed E-state index contributed by atoms with van der Waals surface area (Å²) in [7, 11) is 1.50. The molecule has 1 N–H and O–H groups in total. The predicted octanol–water partition coefficient (Wildman–Crippen LogP) is 2.80. The van der Waals surface area contributed by atoms with Crippen molar-refractivity contribution in [2.24, 2.45) is 0 Å². The van der Waals surface area contributed by atoms with Crippen molar-refractivity contribution in [3.05, 3.63) is 72.4 Å². The molecule has 2 aromatic carbocycles. The molecule has 0 bridgehead atoms. The highest BCUT2D eigenvalue weighted by Gasteiger charge is 2.13. The van der Waals surface area contributed by atoms with Crippen molar-refractivity contribution in [2.45, 2.75) is 6.54 Å². The molecule has 0 aliphatic carbocycles. The van der Waals surface area contributed by atoms with Gasteiger partial charge in [0, 0.05) is 31.0 Å². The lowest BCUT2D eigenvalue weighted by Gasteiger charge is -2.04. The van der Waals surface area contributed by atoms with Crippen LogP contribution in [0, 0.1) is 0 Å². The minimum Gasteiger partial charge on any atom is -0.375 e. The van der Waals surface area contributed by atoms with Crippen molar-refractivity contribution in [2.75, 3.05) is 13.7 Å². The third kappa shape index (κ3) is 3.70. The van der Waals surface area contributed by atoms with E-state index in [1.54, 1.807) is 0 Å². The van der Waals surface area contributed by atoms with E-state index in [0.717, 1.165) is 22.5 Å². The molecule has 1 amide bonds. The molecule has 122 valence electrons. The van der Waals surface area contributed by atoms with Gasteiger partial charge in [0.15, 0.2) is 0 Å². The van der Waals surface area contributed by atoms with E-state index < -0.39 is 0 Å². The molecule has 3 rings (SSSR count). The molecule has 1 heterocycles. The number of hydrogen-bond acceptors (Lipinski definition) is 3. The van der Waals surface area contributed by atoms with Crippen LogP contribution in [0.2, 0.25) is 0 Å². The van der Waals surface area contributed by atoms with Crippen molar-refractivity contribution < 1.29 is 9.53 Å². The second kappa shape index (κ2) is 7.57. The molecule has 5 heteroatoms. The van der Waals surface area contributed by atoms with Gasteiger partial charge < -0.3 is 10.1 Å². The summed E-state index contributed by atoms with van der Waals surface area (Å²) in [6.07, 6.45) is 1.95. The molecule has 3 aromatic rings. The van der Waals surface area contributed by atoms with Gasteiger partial charge in [0.05, 0.1) is 11.4 Å². The largest absolute Gasteiger partial charge is 0.375 e. The molecule has 0 radical (unpaired) electrons. The summed E-state index contributed by atoms with van der Waals surface area (Å²) in [5, 5.41) is 7.57. The van der Waals surface area contributed by atoms with Crippen molar-refractivity contribution in [3.63, 3.8) is 0 Å². The topological polar surface area (TPSA) is 56.1 Å². The minimum absolute atomic E-state index is 0.0491. The zero-order valence-electron chi connectivity index (χ0n) is 13.5. The number of carbonyl (C=O) groups is 1. The summed E-state index contributed by atoms with van der Waals surface area (Å²) in [5.41, 5.74) is 3.80. The van der Waals surface area contributed by atoms with E-state index in [4.69, 9.17) is 9.84 Å². The Kier molecular flexibility index (Phi) is 5.03. The zero-order valence-corrected chi connectivity index (χ0v) is 13.5. The summed E-state index contributed by atoms with van der Waals surface area (Å²) in [6.45, 7) is 0.451. The minimum atomic E-state index is -0.149. The molecular formula is C19H19N3O2. The molecule has 5 nitrogen and oxygen atoms in total. The Hall–Kier alpha value is -2.92. The van der Waals surface area contributed by atoms with Crippen molar-refractivity contribution in [1.82, 2.24) is 15.1 Å². The quantitative estimate of drug-likeness (QED) is 0.759. The number of ether oxygens (including phenoxy) is 1. The number of rotatable bonds is 6. The van der Waals surface area contributed by atoms with Gasteiger partial charge in [0.1, 0.15) is 6.61 Å². The van der Waals surface area contributed by atoms with E-state index >= 15 is 0 Å². The third-order valence-corrected chi connectivity index (χ3v) is 3.61. The van der Waals surface area contributed by atoms with Crippen LogP contribution in [0.25, 0.3) is 16.9 Å². The Balaban J connectivity index is 1.93. The highest BCUT2D eigenvalue weighted by Crippen LogP contribution is 2.23. The smallest absolute Gasteiger partial charge is 0.246 e. The maximum atomic E-state index is 11.7. The van der Waals surface area contributed by atoms with Gasteiger partial charge in [0.25, 0.3) is 0 Å². The lowest BCUT2D eigenvalue weighted by Crippen LogP contribution is -2.26. The van der Waals surface area contributed by atoms with E-state index in [-0.39, 0.29) is 12.5 Å². The summed E-state index contributed by atoms with van der Waals surface area (Å²) in [6, 6.07) is 19.8. The summed E-state index contributed by atoms with van der Waals surface area (Å²) >= 11 is 0. The lowest BCUT2D eigenvalue weighted by molar-refractivity contribution is -0.124. The molecule has 0 fully saturated rings. The fourth-order valence-electron chi connectivity index (χ4n) is 2.47. The van der Waals surface area contributed by atoms with Crippen LogP contribution >= 0.6 is 0 Å². The van der Waals surface area contributed by atoms with Crippen LogP contribution in [0.3, 0.4) is 0 Å². The maximum Gasteiger partial charge on any atom is 0.246 e. The Labute approximate surface area is 140 Å².